The lowest BCUT2D eigenvalue weighted by atomic mass is 10.1. The Balaban J connectivity index is 2.31. The summed E-state index contributed by atoms with van der Waals surface area (Å²) in [5.74, 6) is 0.919. The van der Waals surface area contributed by atoms with Gasteiger partial charge in [-0.05, 0) is 71.8 Å². The normalized spacial score (nSPS) is 13.5. The van der Waals surface area contributed by atoms with E-state index in [2.05, 4.69) is 57.1 Å². The van der Waals surface area contributed by atoms with Crippen LogP contribution in [0.3, 0.4) is 0 Å². The van der Waals surface area contributed by atoms with Crippen molar-refractivity contribution in [3.63, 3.8) is 0 Å². The molecule has 1 N–H and O–H groups in total. The number of nitrogens with one attached hydrogen (secondary N) is 1. The van der Waals surface area contributed by atoms with Crippen molar-refractivity contribution in [3.8, 4) is 5.75 Å². The third kappa shape index (κ3) is 7.49. The van der Waals surface area contributed by atoms with Crippen molar-refractivity contribution < 1.29 is 4.74 Å². The molecule has 0 aromatic heterocycles. The molecule has 1 rings (SSSR count). The Morgan fingerprint density at radius 1 is 1.19 bits per heavy atom. The summed E-state index contributed by atoms with van der Waals surface area (Å²) in [6.45, 7) is 11.0. The van der Waals surface area contributed by atoms with E-state index in [9.17, 15) is 0 Å². The first-order valence-corrected chi connectivity index (χ1v) is 7.90. The largest absolute Gasteiger partial charge is 0.497 e. The van der Waals surface area contributed by atoms with Crippen molar-refractivity contribution in [2.45, 2.75) is 58.7 Å². The van der Waals surface area contributed by atoms with Gasteiger partial charge in [-0.1, -0.05) is 12.1 Å². The van der Waals surface area contributed by atoms with Gasteiger partial charge >= 0.3 is 0 Å². The molecule has 0 spiro atoms. The summed E-state index contributed by atoms with van der Waals surface area (Å²) >= 11 is 0. The summed E-state index contributed by atoms with van der Waals surface area (Å²) in [5.41, 5.74) is 1.55. The fourth-order valence-corrected chi connectivity index (χ4v) is 2.26. The zero-order valence-corrected chi connectivity index (χ0v) is 14.6. The third-order valence-electron chi connectivity index (χ3n) is 3.80. The molecule has 1 aromatic carbocycles. The van der Waals surface area contributed by atoms with E-state index in [1.165, 1.54) is 18.4 Å². The number of hydrogen-bond donors (Lipinski definition) is 1. The van der Waals surface area contributed by atoms with Crippen molar-refractivity contribution >= 4 is 0 Å². The molecule has 0 aliphatic heterocycles. The van der Waals surface area contributed by atoms with Gasteiger partial charge in [0.1, 0.15) is 5.75 Å². The zero-order chi connectivity index (χ0) is 15.9. The van der Waals surface area contributed by atoms with Crippen molar-refractivity contribution in [1.82, 2.24) is 10.2 Å². The van der Waals surface area contributed by atoms with Crippen LogP contribution >= 0.6 is 0 Å². The van der Waals surface area contributed by atoms with Crippen LogP contribution in [0.15, 0.2) is 24.3 Å². The first-order chi connectivity index (χ1) is 9.81. The Morgan fingerprint density at radius 3 is 2.33 bits per heavy atom. The van der Waals surface area contributed by atoms with E-state index >= 15 is 0 Å². The van der Waals surface area contributed by atoms with Crippen LogP contribution in [0.25, 0.3) is 0 Å². The second kappa shape index (κ2) is 8.40. The second-order valence-electron chi connectivity index (χ2n) is 6.93. The van der Waals surface area contributed by atoms with Gasteiger partial charge in [-0.15, -0.1) is 0 Å². The zero-order valence-electron chi connectivity index (χ0n) is 14.6. The minimum atomic E-state index is 0.220. The highest BCUT2D eigenvalue weighted by Crippen LogP contribution is 2.14. The quantitative estimate of drug-likeness (QED) is 0.740. The number of benzene rings is 1. The van der Waals surface area contributed by atoms with Crippen LogP contribution < -0.4 is 10.1 Å². The molecular formula is C18H32N2O. The first-order valence-electron chi connectivity index (χ1n) is 7.90. The summed E-state index contributed by atoms with van der Waals surface area (Å²) in [4.78, 5) is 2.42. The average Bonchev–Trinajstić information content (AvgIpc) is 2.43. The summed E-state index contributed by atoms with van der Waals surface area (Å²) in [7, 11) is 3.90. The Labute approximate surface area is 130 Å². The predicted octanol–water partition coefficient (Wildman–Crippen LogP) is 3.68. The van der Waals surface area contributed by atoms with Gasteiger partial charge in [-0.2, -0.15) is 0 Å². The molecular weight excluding hydrogens is 260 g/mol. The van der Waals surface area contributed by atoms with Gasteiger partial charge in [-0.25, -0.2) is 0 Å². The highest BCUT2D eigenvalue weighted by Gasteiger charge is 2.11. The van der Waals surface area contributed by atoms with Crippen LogP contribution in [0.2, 0.25) is 0 Å². The molecule has 120 valence electrons. The maximum atomic E-state index is 5.19. The summed E-state index contributed by atoms with van der Waals surface area (Å²) in [5, 5.41) is 3.55. The molecule has 1 atom stereocenters. The lowest BCUT2D eigenvalue weighted by Crippen LogP contribution is -2.37. The third-order valence-corrected chi connectivity index (χ3v) is 3.80. The Bertz CT molecular complexity index is 395. The van der Waals surface area contributed by atoms with Crippen LogP contribution in [0, 0.1) is 0 Å². The molecule has 0 bridgehead atoms. The molecule has 1 unspecified atom stereocenters. The Hall–Kier alpha value is -1.06. The molecule has 0 aliphatic rings. The number of hydrogen-bond acceptors (Lipinski definition) is 3. The molecule has 3 nitrogen and oxygen atoms in total. The van der Waals surface area contributed by atoms with Crippen LogP contribution in [0.1, 0.15) is 46.1 Å². The summed E-state index contributed by atoms with van der Waals surface area (Å²) < 4.78 is 5.19. The second-order valence-corrected chi connectivity index (χ2v) is 6.93. The minimum absolute atomic E-state index is 0.220. The Kier molecular flexibility index (Phi) is 7.20. The van der Waals surface area contributed by atoms with Gasteiger partial charge in [-0.3, -0.25) is 4.90 Å². The van der Waals surface area contributed by atoms with E-state index in [4.69, 9.17) is 4.74 Å². The van der Waals surface area contributed by atoms with E-state index in [1.807, 2.05) is 12.1 Å². The van der Waals surface area contributed by atoms with Crippen molar-refractivity contribution in [1.29, 1.82) is 0 Å². The van der Waals surface area contributed by atoms with Crippen LogP contribution in [0.4, 0.5) is 0 Å². The molecule has 0 aliphatic carbocycles. The Morgan fingerprint density at radius 2 is 1.81 bits per heavy atom. The van der Waals surface area contributed by atoms with Crippen LogP contribution in [0.5, 0.6) is 5.75 Å². The van der Waals surface area contributed by atoms with Crippen molar-refractivity contribution in [2.75, 3.05) is 20.7 Å². The van der Waals surface area contributed by atoms with Gasteiger partial charge in [0.15, 0.2) is 0 Å². The number of nitrogens with zero attached hydrogens (tertiary/aromatic N) is 1. The van der Waals surface area contributed by atoms with E-state index in [1.54, 1.807) is 7.11 Å². The molecule has 21 heavy (non-hydrogen) atoms. The van der Waals surface area contributed by atoms with Gasteiger partial charge in [0.25, 0.3) is 0 Å². The van der Waals surface area contributed by atoms with E-state index < -0.39 is 0 Å². The predicted molar refractivity (Wildman–Crippen MR) is 90.9 cm³/mol. The molecule has 0 saturated heterocycles. The van der Waals surface area contributed by atoms with Gasteiger partial charge < -0.3 is 10.1 Å². The standard InChI is InChI=1S/C18H32N2O/c1-15(8-7-13-19-18(2,3)4)20(5)14-16-9-11-17(21-6)12-10-16/h9-12,15,19H,7-8,13-14H2,1-6H3. The van der Waals surface area contributed by atoms with E-state index in [-0.39, 0.29) is 5.54 Å². The average molecular weight is 292 g/mol. The number of rotatable bonds is 8. The molecule has 0 heterocycles. The molecule has 0 saturated carbocycles. The number of ether oxygens (including phenoxy) is 1. The van der Waals surface area contributed by atoms with Crippen molar-refractivity contribution in [3.05, 3.63) is 29.8 Å². The monoisotopic (exact) mass is 292 g/mol. The number of methoxy groups -OCH3 is 1. The summed E-state index contributed by atoms with van der Waals surface area (Å²) in [6, 6.07) is 8.93. The fourth-order valence-electron chi connectivity index (χ4n) is 2.26. The molecule has 1 aromatic rings. The fraction of sp³-hybridized carbons (Fsp3) is 0.667. The lowest BCUT2D eigenvalue weighted by Gasteiger charge is -2.26. The lowest BCUT2D eigenvalue weighted by molar-refractivity contribution is 0.232. The van der Waals surface area contributed by atoms with E-state index in [0.29, 0.717) is 6.04 Å². The maximum absolute atomic E-state index is 5.19. The maximum Gasteiger partial charge on any atom is 0.118 e. The molecule has 0 radical (unpaired) electrons. The highest BCUT2D eigenvalue weighted by molar-refractivity contribution is 5.27. The smallest absolute Gasteiger partial charge is 0.118 e. The SMILES string of the molecule is COc1ccc(CN(C)C(C)CCCNC(C)(C)C)cc1. The highest BCUT2D eigenvalue weighted by atomic mass is 16.5. The topological polar surface area (TPSA) is 24.5 Å². The van der Waals surface area contributed by atoms with Crippen LogP contribution in [-0.4, -0.2) is 37.2 Å². The van der Waals surface area contributed by atoms with E-state index in [0.717, 1.165) is 18.8 Å². The van der Waals surface area contributed by atoms with Gasteiger partial charge in [0, 0.05) is 18.1 Å². The molecule has 0 fully saturated rings. The first kappa shape index (κ1) is 18.0. The van der Waals surface area contributed by atoms with Gasteiger partial charge in [0.05, 0.1) is 7.11 Å². The summed E-state index contributed by atoms with van der Waals surface area (Å²) in [6.07, 6.45) is 2.43. The molecule has 0 amide bonds. The van der Waals surface area contributed by atoms with Crippen molar-refractivity contribution in [2.24, 2.45) is 0 Å². The minimum Gasteiger partial charge on any atom is -0.497 e. The van der Waals surface area contributed by atoms with Crippen LogP contribution in [-0.2, 0) is 6.54 Å². The van der Waals surface area contributed by atoms with Gasteiger partial charge in [0.2, 0.25) is 0 Å². The molecule has 3 heteroatoms.